The van der Waals surface area contributed by atoms with Gasteiger partial charge in [0.2, 0.25) is 11.7 Å². The first-order valence-electron chi connectivity index (χ1n) is 8.96. The van der Waals surface area contributed by atoms with Crippen LogP contribution in [0.3, 0.4) is 0 Å². The molecule has 6 nitrogen and oxygen atoms in total. The van der Waals surface area contributed by atoms with Crippen molar-refractivity contribution in [3.63, 3.8) is 0 Å². The van der Waals surface area contributed by atoms with Gasteiger partial charge in [0.05, 0.1) is 11.4 Å². The number of benzene rings is 2. The molecule has 1 N–H and O–H groups in total. The highest BCUT2D eigenvalue weighted by molar-refractivity contribution is 7.99. The SMILES string of the molecule is C=CCn1c(SCC(=O)Nc2ccccc2F)nnc1-c1cc2cc(Cl)ccc2o1. The molecule has 2 heterocycles. The zero-order valence-corrected chi connectivity index (χ0v) is 17.2. The van der Waals surface area contributed by atoms with Crippen LogP contribution in [0.5, 0.6) is 0 Å². The Bertz CT molecular complexity index is 1240. The quantitative estimate of drug-likeness (QED) is 0.306. The van der Waals surface area contributed by atoms with Gasteiger partial charge in [0.1, 0.15) is 11.4 Å². The number of hydrogen-bond acceptors (Lipinski definition) is 5. The standard InChI is InChI=1S/C21H16ClFN4O2S/c1-2-9-27-20(18-11-13-10-14(22)7-8-17(13)29-18)25-26-21(27)30-12-19(28)24-16-6-4-3-5-15(16)23/h2-8,10-11H,1,9,12H2,(H,24,28). The van der Waals surface area contributed by atoms with E-state index >= 15 is 0 Å². The fraction of sp³-hybridized carbons (Fsp3) is 0.0952. The van der Waals surface area contributed by atoms with Crippen molar-refractivity contribution < 1.29 is 13.6 Å². The molecule has 0 unspecified atom stereocenters. The van der Waals surface area contributed by atoms with E-state index in [0.29, 0.717) is 33.9 Å². The van der Waals surface area contributed by atoms with E-state index in [-0.39, 0.29) is 17.3 Å². The zero-order chi connectivity index (χ0) is 21.1. The first-order valence-corrected chi connectivity index (χ1v) is 10.3. The molecule has 0 spiro atoms. The molecular weight excluding hydrogens is 427 g/mol. The summed E-state index contributed by atoms with van der Waals surface area (Å²) < 4.78 is 21.4. The first-order chi connectivity index (χ1) is 14.5. The molecule has 0 bridgehead atoms. The van der Waals surface area contributed by atoms with Crippen LogP contribution in [-0.2, 0) is 11.3 Å². The third kappa shape index (κ3) is 4.24. The molecule has 9 heteroatoms. The molecule has 0 saturated carbocycles. The Kier molecular flexibility index (Phi) is 5.87. The van der Waals surface area contributed by atoms with E-state index < -0.39 is 5.82 Å². The van der Waals surface area contributed by atoms with Gasteiger partial charge in [-0.25, -0.2) is 4.39 Å². The number of hydrogen-bond donors (Lipinski definition) is 1. The zero-order valence-electron chi connectivity index (χ0n) is 15.6. The van der Waals surface area contributed by atoms with Gasteiger partial charge in [0.25, 0.3) is 0 Å². The number of allylic oxidation sites excluding steroid dienone is 1. The molecule has 0 aliphatic rings. The Morgan fingerprint density at radius 1 is 1.27 bits per heavy atom. The average molecular weight is 443 g/mol. The predicted molar refractivity (Wildman–Crippen MR) is 116 cm³/mol. The molecule has 0 radical (unpaired) electrons. The number of amides is 1. The summed E-state index contributed by atoms with van der Waals surface area (Å²) in [5, 5.41) is 12.9. The van der Waals surface area contributed by atoms with Gasteiger partial charge in [-0.2, -0.15) is 0 Å². The van der Waals surface area contributed by atoms with Crippen LogP contribution < -0.4 is 5.32 Å². The van der Waals surface area contributed by atoms with Crippen LogP contribution in [0.2, 0.25) is 5.02 Å². The molecular formula is C21H16ClFN4O2S. The third-order valence-electron chi connectivity index (χ3n) is 4.21. The average Bonchev–Trinajstić information content (AvgIpc) is 3.32. The topological polar surface area (TPSA) is 73.0 Å². The van der Waals surface area contributed by atoms with Crippen LogP contribution in [0.25, 0.3) is 22.6 Å². The molecule has 0 saturated heterocycles. The lowest BCUT2D eigenvalue weighted by Gasteiger charge is -2.07. The maximum atomic E-state index is 13.7. The Morgan fingerprint density at radius 3 is 2.90 bits per heavy atom. The van der Waals surface area contributed by atoms with Crippen molar-refractivity contribution in [3.05, 3.63) is 72.0 Å². The van der Waals surface area contributed by atoms with Crippen molar-refractivity contribution in [2.24, 2.45) is 0 Å². The summed E-state index contributed by atoms with van der Waals surface area (Å²) in [6, 6.07) is 13.2. The van der Waals surface area contributed by atoms with Gasteiger partial charge in [-0.15, -0.1) is 16.8 Å². The Morgan fingerprint density at radius 2 is 2.10 bits per heavy atom. The van der Waals surface area contributed by atoms with Gasteiger partial charge < -0.3 is 9.73 Å². The minimum Gasteiger partial charge on any atom is -0.453 e. The number of carbonyl (C=O) groups is 1. The highest BCUT2D eigenvalue weighted by atomic mass is 35.5. The fourth-order valence-electron chi connectivity index (χ4n) is 2.87. The van der Waals surface area contributed by atoms with E-state index in [0.717, 1.165) is 5.39 Å². The van der Waals surface area contributed by atoms with E-state index in [9.17, 15) is 9.18 Å². The van der Waals surface area contributed by atoms with Gasteiger partial charge in [-0.1, -0.05) is 41.6 Å². The highest BCUT2D eigenvalue weighted by Gasteiger charge is 2.18. The van der Waals surface area contributed by atoms with Crippen molar-refractivity contribution in [2.75, 3.05) is 11.1 Å². The van der Waals surface area contributed by atoms with Crippen LogP contribution in [0, 0.1) is 5.82 Å². The number of nitrogens with zero attached hydrogens (tertiary/aromatic N) is 3. The van der Waals surface area contributed by atoms with E-state index in [4.69, 9.17) is 16.0 Å². The number of fused-ring (bicyclic) bond motifs is 1. The lowest BCUT2D eigenvalue weighted by molar-refractivity contribution is -0.113. The van der Waals surface area contributed by atoms with E-state index in [1.807, 2.05) is 6.07 Å². The molecule has 4 rings (SSSR count). The summed E-state index contributed by atoms with van der Waals surface area (Å²) in [6.45, 7) is 4.20. The molecule has 30 heavy (non-hydrogen) atoms. The number of carbonyl (C=O) groups excluding carboxylic acids is 1. The van der Waals surface area contributed by atoms with Crippen molar-refractivity contribution in [3.8, 4) is 11.6 Å². The summed E-state index contributed by atoms with van der Waals surface area (Å²) in [6.07, 6.45) is 1.70. The Balaban J connectivity index is 1.54. The lowest BCUT2D eigenvalue weighted by Crippen LogP contribution is -2.15. The molecule has 152 valence electrons. The van der Waals surface area contributed by atoms with Gasteiger partial charge in [0.15, 0.2) is 10.9 Å². The second-order valence-corrected chi connectivity index (χ2v) is 7.69. The van der Waals surface area contributed by atoms with E-state index in [1.165, 1.54) is 23.9 Å². The van der Waals surface area contributed by atoms with Gasteiger partial charge in [-0.05, 0) is 36.4 Å². The molecule has 0 aliphatic heterocycles. The van der Waals surface area contributed by atoms with E-state index in [1.54, 1.807) is 41.0 Å². The summed E-state index contributed by atoms with van der Waals surface area (Å²) in [5.74, 6) is 0.249. The fourth-order valence-corrected chi connectivity index (χ4v) is 3.80. The summed E-state index contributed by atoms with van der Waals surface area (Å²) >= 11 is 7.23. The molecule has 4 aromatic rings. The third-order valence-corrected chi connectivity index (χ3v) is 5.41. The molecule has 0 fully saturated rings. The monoisotopic (exact) mass is 442 g/mol. The van der Waals surface area contributed by atoms with Crippen molar-refractivity contribution >= 4 is 45.9 Å². The van der Waals surface area contributed by atoms with Gasteiger partial charge in [-0.3, -0.25) is 9.36 Å². The largest absolute Gasteiger partial charge is 0.453 e. The number of nitrogens with one attached hydrogen (secondary N) is 1. The van der Waals surface area contributed by atoms with Crippen LogP contribution in [0.15, 0.2) is 70.8 Å². The number of halogens is 2. The van der Waals surface area contributed by atoms with Crippen molar-refractivity contribution in [1.82, 2.24) is 14.8 Å². The maximum absolute atomic E-state index is 13.7. The predicted octanol–water partition coefficient (Wildman–Crippen LogP) is 5.40. The normalized spacial score (nSPS) is 11.0. The van der Waals surface area contributed by atoms with Crippen LogP contribution in [0.1, 0.15) is 0 Å². The maximum Gasteiger partial charge on any atom is 0.234 e. The van der Waals surface area contributed by atoms with Crippen molar-refractivity contribution in [1.29, 1.82) is 0 Å². The van der Waals surface area contributed by atoms with Crippen LogP contribution in [-0.4, -0.2) is 26.4 Å². The molecule has 2 aromatic carbocycles. The van der Waals surface area contributed by atoms with E-state index in [2.05, 4.69) is 22.1 Å². The second kappa shape index (κ2) is 8.73. The van der Waals surface area contributed by atoms with Crippen LogP contribution >= 0.6 is 23.4 Å². The number of furan rings is 1. The Hall–Kier alpha value is -3.10. The number of aromatic nitrogens is 3. The molecule has 1 amide bonds. The summed E-state index contributed by atoms with van der Waals surface area (Å²) in [7, 11) is 0. The van der Waals surface area contributed by atoms with Gasteiger partial charge in [0, 0.05) is 17.0 Å². The van der Waals surface area contributed by atoms with Crippen molar-refractivity contribution in [2.45, 2.75) is 11.7 Å². The van der Waals surface area contributed by atoms with Crippen LogP contribution in [0.4, 0.5) is 10.1 Å². The lowest BCUT2D eigenvalue weighted by atomic mass is 10.2. The minimum atomic E-state index is -0.488. The summed E-state index contributed by atoms with van der Waals surface area (Å²) in [5.41, 5.74) is 0.818. The number of para-hydroxylation sites is 1. The summed E-state index contributed by atoms with van der Waals surface area (Å²) in [4.78, 5) is 12.2. The first kappa shape index (κ1) is 20.2. The Labute approximate surface area is 180 Å². The van der Waals surface area contributed by atoms with Gasteiger partial charge >= 0.3 is 0 Å². The number of anilines is 1. The highest BCUT2D eigenvalue weighted by Crippen LogP contribution is 2.30. The minimum absolute atomic E-state index is 0.0410. The molecule has 2 aromatic heterocycles. The number of rotatable bonds is 7. The smallest absolute Gasteiger partial charge is 0.234 e. The number of thioether (sulfide) groups is 1. The molecule has 0 aliphatic carbocycles. The molecule has 0 atom stereocenters. The second-order valence-electron chi connectivity index (χ2n) is 6.31.